The number of esters is 1. The molecule has 224 valence electrons. The van der Waals surface area contributed by atoms with Gasteiger partial charge in [-0.25, -0.2) is 0 Å². The van der Waals surface area contributed by atoms with Crippen LogP contribution in [0.3, 0.4) is 0 Å². The summed E-state index contributed by atoms with van der Waals surface area (Å²) in [5, 5.41) is 1.87. The first-order valence-corrected chi connectivity index (χ1v) is 14.7. The van der Waals surface area contributed by atoms with E-state index in [1.807, 2.05) is 106 Å². The minimum absolute atomic E-state index is 0.0773. The lowest BCUT2D eigenvalue weighted by Crippen LogP contribution is -2.56. The second-order valence-corrected chi connectivity index (χ2v) is 12.5. The fraction of sp³-hybridized carbons (Fsp3) is 0.333. The minimum atomic E-state index is -0.829. The summed E-state index contributed by atoms with van der Waals surface area (Å²) in [6.45, 7) is 9.76. The van der Waals surface area contributed by atoms with Crippen LogP contribution in [0.4, 0.5) is 0 Å². The van der Waals surface area contributed by atoms with Gasteiger partial charge in [-0.15, -0.1) is 0 Å². The fourth-order valence-corrected chi connectivity index (χ4v) is 5.40. The van der Waals surface area contributed by atoms with Crippen LogP contribution in [0, 0.1) is 0 Å². The van der Waals surface area contributed by atoms with Crippen LogP contribution in [-0.4, -0.2) is 40.9 Å². The Morgan fingerprint density at radius 1 is 0.930 bits per heavy atom. The van der Waals surface area contributed by atoms with Gasteiger partial charge in [-0.2, -0.15) is 5.01 Å². The van der Waals surface area contributed by atoms with E-state index < -0.39 is 23.2 Å². The van der Waals surface area contributed by atoms with Crippen LogP contribution in [-0.2, 0) is 25.5 Å². The van der Waals surface area contributed by atoms with Crippen molar-refractivity contribution in [1.82, 2.24) is 10.4 Å². The van der Waals surface area contributed by atoms with E-state index in [4.69, 9.17) is 13.9 Å². The second-order valence-electron chi connectivity index (χ2n) is 12.5. The molecule has 43 heavy (non-hydrogen) atoms. The van der Waals surface area contributed by atoms with Gasteiger partial charge >= 0.3 is 5.97 Å². The van der Waals surface area contributed by atoms with E-state index in [-0.39, 0.29) is 18.4 Å². The predicted octanol–water partition coefficient (Wildman–Crippen LogP) is 7.14. The third kappa shape index (κ3) is 7.61. The van der Waals surface area contributed by atoms with Gasteiger partial charge in [-0.05, 0) is 63.8 Å². The third-order valence-electron chi connectivity index (χ3n) is 7.52. The number of benzene rings is 3. The number of ether oxygens (including phenoxy) is 2. The molecular formula is C36H40N2O5. The zero-order valence-electron chi connectivity index (χ0n) is 25.5. The summed E-state index contributed by atoms with van der Waals surface area (Å²) in [5.74, 6) is -0.997. The zero-order valence-corrected chi connectivity index (χ0v) is 25.5. The molecule has 0 aliphatic carbocycles. The summed E-state index contributed by atoms with van der Waals surface area (Å²) in [4.78, 5) is 27.0. The van der Waals surface area contributed by atoms with Gasteiger partial charge < -0.3 is 13.9 Å². The van der Waals surface area contributed by atoms with Gasteiger partial charge in [-0.1, -0.05) is 84.9 Å². The molecule has 0 bridgehead atoms. The Hall–Kier alpha value is -4.20. The van der Waals surface area contributed by atoms with Crippen molar-refractivity contribution < 1.29 is 23.5 Å². The molecule has 0 spiro atoms. The van der Waals surface area contributed by atoms with Crippen LogP contribution in [0.2, 0.25) is 0 Å². The standard InChI is InChI=1S/C36H40N2O5/c1-35(2,3)43-33(39)22-31(34(40)37-38-30(24-42-36(38,4)5)20-25-12-8-6-9-13-25)29-21-32(41-23-29)28-18-16-27(17-19-28)26-14-10-7-11-15-26/h6-19,21,23,30-31H,20,22,24H2,1-5H3,(H,37,40)/t30-,31+/m0/s1. The molecule has 1 saturated heterocycles. The van der Waals surface area contributed by atoms with Gasteiger partial charge in [0.15, 0.2) is 0 Å². The maximum Gasteiger partial charge on any atom is 0.307 e. The van der Waals surface area contributed by atoms with E-state index in [0.29, 0.717) is 24.4 Å². The highest BCUT2D eigenvalue weighted by Crippen LogP contribution is 2.32. The quantitative estimate of drug-likeness (QED) is 0.212. The largest absolute Gasteiger partial charge is 0.464 e. The predicted molar refractivity (Wildman–Crippen MR) is 167 cm³/mol. The van der Waals surface area contributed by atoms with Crippen molar-refractivity contribution in [2.45, 2.75) is 70.7 Å². The van der Waals surface area contributed by atoms with Crippen LogP contribution in [0.25, 0.3) is 22.5 Å². The first-order valence-electron chi connectivity index (χ1n) is 14.7. The van der Waals surface area contributed by atoms with Gasteiger partial charge in [-0.3, -0.25) is 15.0 Å². The van der Waals surface area contributed by atoms with Crippen molar-refractivity contribution >= 4 is 11.9 Å². The smallest absolute Gasteiger partial charge is 0.307 e. The summed E-state index contributed by atoms with van der Waals surface area (Å²) in [7, 11) is 0. The third-order valence-corrected chi connectivity index (χ3v) is 7.52. The molecule has 0 unspecified atom stereocenters. The lowest BCUT2D eigenvalue weighted by Gasteiger charge is -2.34. The summed E-state index contributed by atoms with van der Waals surface area (Å²) in [6, 6.07) is 30.1. The van der Waals surface area contributed by atoms with E-state index in [2.05, 4.69) is 29.7 Å². The molecule has 1 aromatic heterocycles. The maximum atomic E-state index is 14.0. The van der Waals surface area contributed by atoms with Gasteiger partial charge in [0.25, 0.3) is 0 Å². The Morgan fingerprint density at radius 2 is 1.53 bits per heavy atom. The van der Waals surface area contributed by atoms with Crippen LogP contribution in [0.15, 0.2) is 102 Å². The van der Waals surface area contributed by atoms with E-state index in [0.717, 1.165) is 22.3 Å². The highest BCUT2D eigenvalue weighted by Gasteiger charge is 2.43. The number of hydrazine groups is 1. The molecule has 1 amide bonds. The normalized spacial score (nSPS) is 17.4. The summed E-state index contributed by atoms with van der Waals surface area (Å²) >= 11 is 0. The number of hydrogen-bond acceptors (Lipinski definition) is 6. The molecule has 1 aliphatic rings. The number of nitrogens with one attached hydrogen (secondary N) is 1. The van der Waals surface area contributed by atoms with Crippen LogP contribution in [0.5, 0.6) is 0 Å². The molecule has 2 atom stereocenters. The van der Waals surface area contributed by atoms with Crippen LogP contribution in [0.1, 0.15) is 58.1 Å². The molecular weight excluding hydrogens is 540 g/mol. The molecule has 2 heterocycles. The summed E-state index contributed by atoms with van der Waals surface area (Å²) < 4.78 is 17.6. The lowest BCUT2D eigenvalue weighted by atomic mass is 9.96. The number of furan rings is 1. The SMILES string of the molecule is CC(C)(C)OC(=O)C[C@@H](C(=O)NN1[C@@H](Cc2ccccc2)COC1(C)C)c1coc(-c2ccc(-c3ccccc3)cc2)c1. The van der Waals surface area contributed by atoms with E-state index in [9.17, 15) is 9.59 Å². The number of amides is 1. The van der Waals surface area contributed by atoms with Gasteiger partial charge in [0.05, 0.1) is 31.3 Å². The minimum Gasteiger partial charge on any atom is -0.464 e. The Balaban J connectivity index is 1.38. The van der Waals surface area contributed by atoms with E-state index in [1.165, 1.54) is 0 Å². The van der Waals surface area contributed by atoms with E-state index in [1.54, 1.807) is 6.26 Å². The van der Waals surface area contributed by atoms with Crippen molar-refractivity contribution in [1.29, 1.82) is 0 Å². The molecule has 5 rings (SSSR count). The number of carbonyl (C=O) groups is 2. The number of hydrogen-bond donors (Lipinski definition) is 1. The van der Waals surface area contributed by atoms with Crippen LogP contribution < -0.4 is 5.43 Å². The van der Waals surface area contributed by atoms with Gasteiger partial charge in [0.2, 0.25) is 5.91 Å². The number of carbonyl (C=O) groups excluding carboxylic acids is 2. The van der Waals surface area contributed by atoms with Crippen molar-refractivity contribution in [3.8, 4) is 22.5 Å². The average molecular weight is 581 g/mol. The van der Waals surface area contributed by atoms with Crippen molar-refractivity contribution in [2.24, 2.45) is 0 Å². The van der Waals surface area contributed by atoms with Crippen LogP contribution >= 0.6 is 0 Å². The molecule has 1 aliphatic heterocycles. The monoisotopic (exact) mass is 580 g/mol. The van der Waals surface area contributed by atoms with Crippen molar-refractivity contribution in [3.05, 3.63) is 108 Å². The number of nitrogens with zero attached hydrogens (tertiary/aromatic N) is 1. The molecule has 0 radical (unpaired) electrons. The molecule has 1 N–H and O–H groups in total. The Labute approximate surface area is 253 Å². The van der Waals surface area contributed by atoms with Gasteiger partial charge in [0.1, 0.15) is 17.1 Å². The molecule has 4 aromatic rings. The maximum absolute atomic E-state index is 14.0. The van der Waals surface area contributed by atoms with Gasteiger partial charge in [0, 0.05) is 11.1 Å². The lowest BCUT2D eigenvalue weighted by molar-refractivity contribution is -0.157. The highest BCUT2D eigenvalue weighted by molar-refractivity contribution is 5.88. The molecule has 7 nitrogen and oxygen atoms in total. The average Bonchev–Trinajstić information content (AvgIpc) is 3.57. The topological polar surface area (TPSA) is 81.0 Å². The Kier molecular flexibility index (Phi) is 8.85. The summed E-state index contributed by atoms with van der Waals surface area (Å²) in [6.07, 6.45) is 2.13. The fourth-order valence-electron chi connectivity index (χ4n) is 5.40. The second kappa shape index (κ2) is 12.6. The molecule has 0 saturated carbocycles. The van der Waals surface area contributed by atoms with E-state index >= 15 is 0 Å². The highest BCUT2D eigenvalue weighted by atomic mass is 16.6. The Morgan fingerprint density at radius 3 is 2.19 bits per heavy atom. The molecule has 1 fully saturated rings. The summed E-state index contributed by atoms with van der Waals surface area (Å²) in [5.41, 5.74) is 6.54. The molecule has 7 heteroatoms. The molecule has 3 aromatic carbocycles. The Bertz CT molecular complexity index is 1520. The first kappa shape index (κ1) is 30.3. The van der Waals surface area contributed by atoms with Crippen molar-refractivity contribution in [3.63, 3.8) is 0 Å². The zero-order chi connectivity index (χ0) is 30.6. The first-order chi connectivity index (χ1) is 20.5. The van der Waals surface area contributed by atoms with Crippen molar-refractivity contribution in [2.75, 3.05) is 6.61 Å². The number of rotatable bonds is 9.